The molecule has 1 heterocycles. The van der Waals surface area contributed by atoms with Crippen LogP contribution in [0.15, 0.2) is 48.5 Å². The third-order valence-corrected chi connectivity index (χ3v) is 4.23. The van der Waals surface area contributed by atoms with Crippen LogP contribution in [0.2, 0.25) is 0 Å². The van der Waals surface area contributed by atoms with Crippen molar-refractivity contribution in [1.29, 1.82) is 0 Å². The molecule has 0 atom stereocenters. The van der Waals surface area contributed by atoms with Gasteiger partial charge >= 0.3 is 0 Å². The molecule has 0 N–H and O–H groups in total. The molecule has 0 fully saturated rings. The molecular formula is C18H16N2O. The third-order valence-electron chi connectivity index (χ3n) is 4.23. The van der Waals surface area contributed by atoms with Crippen LogP contribution in [0.4, 0.5) is 5.69 Å². The molecule has 0 unspecified atom stereocenters. The van der Waals surface area contributed by atoms with Crippen molar-refractivity contribution in [2.75, 3.05) is 18.6 Å². The van der Waals surface area contributed by atoms with Crippen LogP contribution in [0.5, 0.6) is 0 Å². The number of hydrogen-bond donors (Lipinski definition) is 0. The Morgan fingerprint density at radius 3 is 2.52 bits per heavy atom. The molecule has 0 radical (unpaired) electrons. The van der Waals surface area contributed by atoms with Crippen LogP contribution in [-0.4, -0.2) is 25.0 Å². The fourth-order valence-corrected chi connectivity index (χ4v) is 3.25. The highest BCUT2D eigenvalue weighted by Gasteiger charge is 2.21. The minimum Gasteiger partial charge on any atom is -0.301 e. The number of amides is 1. The largest absolute Gasteiger partial charge is 0.301 e. The summed E-state index contributed by atoms with van der Waals surface area (Å²) in [7, 11) is 2.04. The molecule has 4 rings (SSSR count). The number of carbonyl (C=O) groups is 1. The summed E-state index contributed by atoms with van der Waals surface area (Å²) in [5.74, 6) is 0. The fraction of sp³-hybridized carbons (Fsp3) is 0.167. The Kier molecular flexibility index (Phi) is 2.69. The van der Waals surface area contributed by atoms with Gasteiger partial charge < -0.3 is 4.90 Å². The second-order valence-electron chi connectivity index (χ2n) is 5.71. The van der Waals surface area contributed by atoms with Gasteiger partial charge in [0.05, 0.1) is 6.67 Å². The fourth-order valence-electron chi connectivity index (χ4n) is 3.25. The van der Waals surface area contributed by atoms with Gasteiger partial charge in [-0.3, -0.25) is 9.69 Å². The lowest BCUT2D eigenvalue weighted by Gasteiger charge is -2.33. The monoisotopic (exact) mass is 276 g/mol. The summed E-state index contributed by atoms with van der Waals surface area (Å²) in [4.78, 5) is 15.2. The van der Waals surface area contributed by atoms with Gasteiger partial charge in [0.2, 0.25) is 6.41 Å². The van der Waals surface area contributed by atoms with Gasteiger partial charge in [-0.05, 0) is 52.4 Å². The van der Waals surface area contributed by atoms with Gasteiger partial charge in [0, 0.05) is 12.2 Å². The molecule has 1 aliphatic heterocycles. The van der Waals surface area contributed by atoms with E-state index in [0.29, 0.717) is 6.67 Å². The molecule has 0 bridgehead atoms. The van der Waals surface area contributed by atoms with Crippen molar-refractivity contribution in [3.05, 3.63) is 54.1 Å². The Hall–Kier alpha value is -2.39. The predicted octanol–water partition coefficient (Wildman–Crippen LogP) is 3.36. The highest BCUT2D eigenvalue weighted by molar-refractivity contribution is 6.02. The number of fused-ring (bicyclic) bond motifs is 4. The molecule has 21 heavy (non-hydrogen) atoms. The Labute approximate surface area is 123 Å². The lowest BCUT2D eigenvalue weighted by Crippen LogP contribution is -2.39. The van der Waals surface area contributed by atoms with Crippen LogP contribution in [0.25, 0.3) is 21.5 Å². The normalized spacial score (nSPS) is 15.4. The molecule has 3 aromatic carbocycles. The van der Waals surface area contributed by atoms with Crippen LogP contribution < -0.4 is 4.90 Å². The summed E-state index contributed by atoms with van der Waals surface area (Å²) >= 11 is 0. The van der Waals surface area contributed by atoms with Crippen LogP contribution in [0.1, 0.15) is 5.56 Å². The number of hydrogen-bond acceptors (Lipinski definition) is 2. The molecule has 0 aromatic heterocycles. The maximum absolute atomic E-state index is 11.3. The molecular weight excluding hydrogens is 260 g/mol. The molecule has 0 aliphatic carbocycles. The van der Waals surface area contributed by atoms with Gasteiger partial charge in [-0.2, -0.15) is 0 Å². The average Bonchev–Trinajstić information content (AvgIpc) is 2.52. The van der Waals surface area contributed by atoms with E-state index in [4.69, 9.17) is 0 Å². The highest BCUT2D eigenvalue weighted by Crippen LogP contribution is 2.34. The van der Waals surface area contributed by atoms with Gasteiger partial charge in [-0.25, -0.2) is 0 Å². The third kappa shape index (κ3) is 1.89. The topological polar surface area (TPSA) is 23.6 Å². The average molecular weight is 276 g/mol. The Balaban J connectivity index is 2.05. The van der Waals surface area contributed by atoms with E-state index in [-0.39, 0.29) is 0 Å². The highest BCUT2D eigenvalue weighted by atomic mass is 16.1. The van der Waals surface area contributed by atoms with Crippen molar-refractivity contribution in [2.45, 2.75) is 6.54 Å². The van der Waals surface area contributed by atoms with Gasteiger partial charge in [0.1, 0.15) is 0 Å². The Morgan fingerprint density at radius 2 is 1.76 bits per heavy atom. The Morgan fingerprint density at radius 1 is 1.00 bits per heavy atom. The van der Waals surface area contributed by atoms with Crippen molar-refractivity contribution in [3.8, 4) is 0 Å². The summed E-state index contributed by atoms with van der Waals surface area (Å²) < 4.78 is 0. The first-order chi connectivity index (χ1) is 10.3. The van der Waals surface area contributed by atoms with Crippen molar-refractivity contribution < 1.29 is 4.79 Å². The maximum Gasteiger partial charge on any atom is 0.215 e. The first kappa shape index (κ1) is 12.4. The van der Waals surface area contributed by atoms with E-state index in [1.54, 1.807) is 4.90 Å². The molecule has 0 saturated heterocycles. The van der Waals surface area contributed by atoms with Gasteiger partial charge in [-0.1, -0.05) is 30.3 Å². The lowest BCUT2D eigenvalue weighted by atomic mass is 9.97. The molecule has 3 heteroatoms. The van der Waals surface area contributed by atoms with E-state index in [9.17, 15) is 4.79 Å². The van der Waals surface area contributed by atoms with Crippen LogP contribution >= 0.6 is 0 Å². The first-order valence-electron chi connectivity index (χ1n) is 7.11. The summed E-state index contributed by atoms with van der Waals surface area (Å²) in [6, 6.07) is 17.0. The number of anilines is 1. The van der Waals surface area contributed by atoms with Crippen molar-refractivity contribution >= 4 is 33.6 Å². The standard InChI is InChI=1S/C18H16N2O/c1-19-10-17-16-9-14-5-3-2-4-13(14)8-15(16)6-7-18(17)20(11-19)12-21/h2-9,12H,10-11H2,1H3. The van der Waals surface area contributed by atoms with Crippen LogP contribution in [0.3, 0.4) is 0 Å². The second kappa shape index (κ2) is 4.57. The zero-order valence-corrected chi connectivity index (χ0v) is 11.9. The lowest BCUT2D eigenvalue weighted by molar-refractivity contribution is -0.108. The van der Waals surface area contributed by atoms with E-state index in [1.807, 2.05) is 7.05 Å². The molecule has 0 spiro atoms. The van der Waals surface area contributed by atoms with E-state index in [0.717, 1.165) is 18.6 Å². The van der Waals surface area contributed by atoms with Crippen molar-refractivity contribution in [1.82, 2.24) is 4.90 Å². The van der Waals surface area contributed by atoms with Crippen molar-refractivity contribution in [2.24, 2.45) is 0 Å². The smallest absolute Gasteiger partial charge is 0.215 e. The molecule has 104 valence electrons. The minimum atomic E-state index is 0.648. The molecule has 3 aromatic rings. The number of nitrogens with zero attached hydrogens (tertiary/aromatic N) is 2. The quantitative estimate of drug-likeness (QED) is 0.502. The SMILES string of the molecule is CN1Cc2c(ccc3cc4ccccc4cc23)N(C=O)C1. The summed E-state index contributed by atoms with van der Waals surface area (Å²) in [5, 5.41) is 4.96. The van der Waals surface area contributed by atoms with Crippen LogP contribution in [-0.2, 0) is 11.3 Å². The molecule has 1 amide bonds. The zero-order valence-electron chi connectivity index (χ0n) is 11.9. The zero-order chi connectivity index (χ0) is 14.4. The van der Waals surface area contributed by atoms with E-state index < -0.39 is 0 Å². The number of rotatable bonds is 1. The first-order valence-corrected chi connectivity index (χ1v) is 7.11. The summed E-state index contributed by atoms with van der Waals surface area (Å²) in [6.07, 6.45) is 0.918. The molecule has 1 aliphatic rings. The second-order valence-corrected chi connectivity index (χ2v) is 5.71. The van der Waals surface area contributed by atoms with E-state index in [2.05, 4.69) is 53.4 Å². The number of benzene rings is 3. The molecule has 0 saturated carbocycles. The van der Waals surface area contributed by atoms with Crippen molar-refractivity contribution in [3.63, 3.8) is 0 Å². The summed E-state index contributed by atoms with van der Waals surface area (Å²) in [5.41, 5.74) is 2.27. The summed E-state index contributed by atoms with van der Waals surface area (Å²) in [6.45, 7) is 1.52. The predicted molar refractivity (Wildman–Crippen MR) is 86.3 cm³/mol. The Bertz CT molecular complexity index is 856. The van der Waals surface area contributed by atoms with Gasteiger partial charge in [-0.15, -0.1) is 0 Å². The van der Waals surface area contributed by atoms with Gasteiger partial charge in [0.25, 0.3) is 0 Å². The number of carbonyl (C=O) groups excluding carboxylic acids is 1. The molecule has 3 nitrogen and oxygen atoms in total. The van der Waals surface area contributed by atoms with E-state index in [1.165, 1.54) is 27.1 Å². The van der Waals surface area contributed by atoms with Gasteiger partial charge in [0.15, 0.2) is 0 Å². The minimum absolute atomic E-state index is 0.648. The van der Waals surface area contributed by atoms with E-state index >= 15 is 0 Å². The van der Waals surface area contributed by atoms with Crippen LogP contribution in [0, 0.1) is 0 Å². The maximum atomic E-state index is 11.3.